The van der Waals surface area contributed by atoms with Gasteiger partial charge < -0.3 is 4.74 Å². The molecule has 118 valence electrons. The summed E-state index contributed by atoms with van der Waals surface area (Å²) >= 11 is 0. The summed E-state index contributed by atoms with van der Waals surface area (Å²) in [4.78, 5) is 0. The van der Waals surface area contributed by atoms with E-state index in [1.807, 2.05) is 19.1 Å². The van der Waals surface area contributed by atoms with E-state index in [1.54, 1.807) is 18.2 Å². The van der Waals surface area contributed by atoms with Gasteiger partial charge >= 0.3 is 0 Å². The molecule has 0 saturated carbocycles. The lowest BCUT2D eigenvalue weighted by atomic mass is 10.2. The van der Waals surface area contributed by atoms with Gasteiger partial charge in [-0.2, -0.15) is 0 Å². The molecule has 22 heavy (non-hydrogen) atoms. The van der Waals surface area contributed by atoms with Crippen LogP contribution >= 0.6 is 0 Å². The van der Waals surface area contributed by atoms with Crippen molar-refractivity contribution in [3.63, 3.8) is 0 Å². The second-order valence-corrected chi connectivity index (χ2v) is 6.84. The van der Waals surface area contributed by atoms with Crippen LogP contribution in [0.1, 0.15) is 16.7 Å². The minimum absolute atomic E-state index is 0.0368. The number of rotatable bonds is 6. The monoisotopic (exact) mass is 323 g/mol. The fourth-order valence-corrected chi connectivity index (χ4v) is 3.09. The zero-order valence-electron chi connectivity index (χ0n) is 12.5. The van der Waals surface area contributed by atoms with E-state index in [0.717, 1.165) is 5.56 Å². The Labute approximate surface area is 130 Å². The number of hydrogen-bond donors (Lipinski definition) is 1. The van der Waals surface area contributed by atoms with E-state index in [4.69, 9.17) is 4.74 Å². The Morgan fingerprint density at radius 3 is 2.32 bits per heavy atom. The summed E-state index contributed by atoms with van der Waals surface area (Å²) in [7, 11) is -2.10. The average Bonchev–Trinajstić information content (AvgIpc) is 2.48. The molecule has 0 amide bonds. The molecule has 0 unspecified atom stereocenters. The maximum absolute atomic E-state index is 13.6. The van der Waals surface area contributed by atoms with Crippen molar-refractivity contribution in [1.82, 2.24) is 4.72 Å². The normalized spacial score (nSPS) is 11.4. The van der Waals surface area contributed by atoms with E-state index >= 15 is 0 Å². The first-order chi connectivity index (χ1) is 10.4. The van der Waals surface area contributed by atoms with Crippen molar-refractivity contribution in [3.8, 4) is 5.75 Å². The van der Waals surface area contributed by atoms with Crippen LogP contribution in [0.25, 0.3) is 0 Å². The van der Waals surface area contributed by atoms with Crippen molar-refractivity contribution in [2.24, 2.45) is 0 Å². The Hall–Kier alpha value is -1.92. The largest absolute Gasteiger partial charge is 0.494 e. The SMILES string of the molecule is COc1ccc(CNS(=O)(=O)Cc2ccc(C)cc2)cc1F. The molecule has 2 aromatic carbocycles. The fourth-order valence-electron chi connectivity index (χ4n) is 1.97. The van der Waals surface area contributed by atoms with Crippen molar-refractivity contribution in [2.75, 3.05) is 7.11 Å². The Balaban J connectivity index is 2.00. The molecular formula is C16H18FNO3S. The number of hydrogen-bond acceptors (Lipinski definition) is 3. The summed E-state index contributed by atoms with van der Waals surface area (Å²) in [6, 6.07) is 11.6. The Morgan fingerprint density at radius 1 is 1.09 bits per heavy atom. The molecule has 0 spiro atoms. The molecule has 0 aliphatic heterocycles. The first-order valence-electron chi connectivity index (χ1n) is 6.75. The molecule has 1 N–H and O–H groups in total. The molecule has 6 heteroatoms. The number of ether oxygens (including phenoxy) is 1. The molecule has 0 aliphatic rings. The minimum Gasteiger partial charge on any atom is -0.494 e. The zero-order valence-corrected chi connectivity index (χ0v) is 13.3. The molecule has 0 heterocycles. The van der Waals surface area contributed by atoms with E-state index in [9.17, 15) is 12.8 Å². The van der Waals surface area contributed by atoms with Crippen LogP contribution in [-0.4, -0.2) is 15.5 Å². The highest BCUT2D eigenvalue weighted by Gasteiger charge is 2.12. The van der Waals surface area contributed by atoms with Crippen LogP contribution < -0.4 is 9.46 Å². The topological polar surface area (TPSA) is 55.4 Å². The number of methoxy groups -OCH3 is 1. The van der Waals surface area contributed by atoms with Gasteiger partial charge in [0.2, 0.25) is 10.0 Å². The maximum atomic E-state index is 13.6. The van der Waals surface area contributed by atoms with Gasteiger partial charge in [-0.1, -0.05) is 35.9 Å². The average molecular weight is 323 g/mol. The van der Waals surface area contributed by atoms with Crippen molar-refractivity contribution < 1.29 is 17.5 Å². The lowest BCUT2D eigenvalue weighted by Gasteiger charge is -2.08. The van der Waals surface area contributed by atoms with E-state index in [0.29, 0.717) is 11.1 Å². The first-order valence-corrected chi connectivity index (χ1v) is 8.40. The Kier molecular flexibility index (Phi) is 5.15. The summed E-state index contributed by atoms with van der Waals surface area (Å²) < 4.78 is 44.9. The minimum atomic E-state index is -3.48. The van der Waals surface area contributed by atoms with Crippen molar-refractivity contribution in [1.29, 1.82) is 0 Å². The van der Waals surface area contributed by atoms with Crippen LogP contribution in [0, 0.1) is 12.7 Å². The van der Waals surface area contributed by atoms with E-state index in [1.165, 1.54) is 19.2 Å². The van der Waals surface area contributed by atoms with Gasteiger partial charge in [-0.15, -0.1) is 0 Å². The third-order valence-electron chi connectivity index (χ3n) is 3.19. The fraction of sp³-hybridized carbons (Fsp3) is 0.250. The van der Waals surface area contributed by atoms with Crippen LogP contribution in [0.5, 0.6) is 5.75 Å². The molecule has 0 fully saturated rings. The Bertz CT molecular complexity index is 742. The molecule has 2 rings (SSSR count). The Morgan fingerprint density at radius 2 is 1.73 bits per heavy atom. The summed E-state index contributed by atoms with van der Waals surface area (Å²) in [6.07, 6.45) is 0. The highest BCUT2D eigenvalue weighted by Crippen LogP contribution is 2.17. The van der Waals surface area contributed by atoms with Crippen LogP contribution in [-0.2, 0) is 22.3 Å². The zero-order chi connectivity index (χ0) is 16.2. The van der Waals surface area contributed by atoms with Crippen LogP contribution in [0.4, 0.5) is 4.39 Å². The lowest BCUT2D eigenvalue weighted by Crippen LogP contribution is -2.24. The summed E-state index contributed by atoms with van der Waals surface area (Å²) in [6.45, 7) is 1.98. The molecule has 0 radical (unpaired) electrons. The molecule has 4 nitrogen and oxygen atoms in total. The third-order valence-corrected chi connectivity index (χ3v) is 4.49. The van der Waals surface area contributed by atoms with Gasteiger partial charge in [0.05, 0.1) is 12.9 Å². The van der Waals surface area contributed by atoms with Gasteiger partial charge in [0.25, 0.3) is 0 Å². The van der Waals surface area contributed by atoms with Gasteiger partial charge in [0, 0.05) is 6.54 Å². The summed E-state index contributed by atoms with van der Waals surface area (Å²) in [5.41, 5.74) is 2.31. The lowest BCUT2D eigenvalue weighted by molar-refractivity contribution is 0.386. The highest BCUT2D eigenvalue weighted by atomic mass is 32.2. The van der Waals surface area contributed by atoms with E-state index in [-0.39, 0.29) is 18.0 Å². The molecule has 0 aromatic heterocycles. The summed E-state index contributed by atoms with van der Waals surface area (Å²) in [5, 5.41) is 0. The van der Waals surface area contributed by atoms with Gasteiger partial charge in [-0.3, -0.25) is 0 Å². The van der Waals surface area contributed by atoms with Crippen LogP contribution in [0.3, 0.4) is 0 Å². The van der Waals surface area contributed by atoms with Gasteiger partial charge in [0.1, 0.15) is 0 Å². The predicted octanol–water partition coefficient (Wildman–Crippen LogP) is 2.76. The van der Waals surface area contributed by atoms with Gasteiger partial charge in [-0.05, 0) is 30.2 Å². The number of halogens is 1. The maximum Gasteiger partial charge on any atom is 0.216 e. The second-order valence-electron chi connectivity index (χ2n) is 5.03. The molecule has 0 aliphatic carbocycles. The van der Waals surface area contributed by atoms with Gasteiger partial charge in [-0.25, -0.2) is 17.5 Å². The van der Waals surface area contributed by atoms with Gasteiger partial charge in [0.15, 0.2) is 11.6 Å². The molecule has 0 saturated heterocycles. The third kappa shape index (κ3) is 4.54. The molecular weight excluding hydrogens is 305 g/mol. The number of benzene rings is 2. The van der Waals surface area contributed by atoms with Crippen molar-refractivity contribution >= 4 is 10.0 Å². The second kappa shape index (κ2) is 6.89. The smallest absolute Gasteiger partial charge is 0.216 e. The van der Waals surface area contributed by atoms with Crippen LogP contribution in [0.2, 0.25) is 0 Å². The first kappa shape index (κ1) is 16.5. The summed E-state index contributed by atoms with van der Waals surface area (Å²) in [5.74, 6) is -0.490. The quantitative estimate of drug-likeness (QED) is 0.889. The number of sulfonamides is 1. The van der Waals surface area contributed by atoms with Crippen molar-refractivity contribution in [2.45, 2.75) is 19.2 Å². The van der Waals surface area contributed by atoms with Crippen molar-refractivity contribution in [3.05, 3.63) is 65.0 Å². The van der Waals surface area contributed by atoms with Crippen LogP contribution in [0.15, 0.2) is 42.5 Å². The molecule has 0 bridgehead atoms. The van der Waals surface area contributed by atoms with E-state index in [2.05, 4.69) is 4.72 Å². The highest BCUT2D eigenvalue weighted by molar-refractivity contribution is 7.88. The molecule has 2 aromatic rings. The molecule has 0 atom stereocenters. The number of aryl methyl sites for hydroxylation is 1. The standard InChI is InChI=1S/C16H18FNO3S/c1-12-3-5-13(6-4-12)11-22(19,20)18-10-14-7-8-16(21-2)15(17)9-14/h3-9,18H,10-11H2,1-2H3. The predicted molar refractivity (Wildman–Crippen MR) is 83.6 cm³/mol. The number of nitrogens with one attached hydrogen (secondary N) is 1. The van der Waals surface area contributed by atoms with E-state index < -0.39 is 15.8 Å².